The molecule has 3 N–H and O–H groups in total. The fraction of sp³-hybridized carbons (Fsp3) is 0.562. The predicted octanol–water partition coefficient (Wildman–Crippen LogP) is 2.92. The van der Waals surface area contributed by atoms with Crippen LogP contribution in [0.1, 0.15) is 39.4 Å². The maximum Gasteiger partial charge on any atom is 0.319 e. The minimum atomic E-state index is -0.559. The second-order valence-electron chi connectivity index (χ2n) is 5.41. The van der Waals surface area contributed by atoms with E-state index < -0.39 is 6.10 Å². The van der Waals surface area contributed by atoms with Crippen LogP contribution in [0.2, 0.25) is 0 Å². The van der Waals surface area contributed by atoms with Crippen molar-refractivity contribution in [3.63, 3.8) is 0 Å². The highest BCUT2D eigenvalue weighted by atomic mass is 16.5. The van der Waals surface area contributed by atoms with Gasteiger partial charge in [-0.2, -0.15) is 0 Å². The average molecular weight is 294 g/mol. The number of benzene rings is 1. The molecule has 1 aromatic rings. The highest BCUT2D eigenvalue weighted by Gasteiger charge is 2.16. The molecule has 0 spiro atoms. The van der Waals surface area contributed by atoms with Crippen molar-refractivity contribution in [2.24, 2.45) is 5.92 Å². The molecule has 0 aliphatic carbocycles. The van der Waals surface area contributed by atoms with Gasteiger partial charge in [-0.05, 0) is 37.5 Å². The lowest BCUT2D eigenvalue weighted by Gasteiger charge is -2.22. The normalized spacial score (nSPS) is 13.8. The summed E-state index contributed by atoms with van der Waals surface area (Å²) in [5.41, 5.74) is 1.42. The molecule has 0 bridgehead atoms. The zero-order valence-corrected chi connectivity index (χ0v) is 13.2. The van der Waals surface area contributed by atoms with Gasteiger partial charge in [0.2, 0.25) is 0 Å². The van der Waals surface area contributed by atoms with E-state index in [1.807, 2.05) is 26.8 Å². The number of hydrogen-bond acceptors (Lipinski definition) is 3. The highest BCUT2D eigenvalue weighted by molar-refractivity contribution is 5.89. The van der Waals surface area contributed by atoms with Crippen molar-refractivity contribution in [3.05, 3.63) is 29.8 Å². The fourth-order valence-electron chi connectivity index (χ4n) is 1.86. The molecule has 1 rings (SSSR count). The molecule has 2 unspecified atom stereocenters. The molecule has 21 heavy (non-hydrogen) atoms. The molecular weight excluding hydrogens is 268 g/mol. The largest absolute Gasteiger partial charge is 0.389 e. The number of aliphatic hydroxyl groups is 1. The molecule has 0 aromatic heterocycles. The van der Waals surface area contributed by atoms with Crippen molar-refractivity contribution in [2.45, 2.75) is 39.8 Å². The summed E-state index contributed by atoms with van der Waals surface area (Å²) >= 11 is 0. The van der Waals surface area contributed by atoms with Crippen molar-refractivity contribution in [1.82, 2.24) is 5.32 Å². The van der Waals surface area contributed by atoms with Gasteiger partial charge in [0.15, 0.2) is 0 Å². The first-order valence-electron chi connectivity index (χ1n) is 7.37. The Bertz CT molecular complexity index is 447. The number of hydrogen-bond donors (Lipinski definition) is 3. The number of carbonyl (C=O) groups excluding carboxylic acids is 1. The molecule has 0 aliphatic rings. The van der Waals surface area contributed by atoms with Gasteiger partial charge in [0.1, 0.15) is 0 Å². The van der Waals surface area contributed by atoms with Crippen molar-refractivity contribution >= 4 is 11.7 Å². The van der Waals surface area contributed by atoms with Crippen LogP contribution in [0, 0.1) is 5.92 Å². The Balaban J connectivity index is 2.61. The van der Waals surface area contributed by atoms with Crippen molar-refractivity contribution in [2.75, 3.05) is 18.5 Å². The zero-order chi connectivity index (χ0) is 15.8. The molecule has 118 valence electrons. The molecule has 5 nitrogen and oxygen atoms in total. The number of urea groups is 1. The summed E-state index contributed by atoms with van der Waals surface area (Å²) in [5, 5.41) is 15.2. The lowest BCUT2D eigenvalue weighted by Crippen LogP contribution is -2.44. The topological polar surface area (TPSA) is 70.6 Å². The molecule has 0 radical (unpaired) electrons. The minimum absolute atomic E-state index is 0.0371. The summed E-state index contributed by atoms with van der Waals surface area (Å²) in [6.45, 7) is 8.82. The number of nitrogens with one attached hydrogen (secondary N) is 2. The molecule has 2 atom stereocenters. The van der Waals surface area contributed by atoms with E-state index in [2.05, 4.69) is 10.6 Å². The maximum absolute atomic E-state index is 12.0. The maximum atomic E-state index is 12.0. The molecule has 1 aromatic carbocycles. The van der Waals surface area contributed by atoms with Crippen LogP contribution in [0.15, 0.2) is 24.3 Å². The van der Waals surface area contributed by atoms with Gasteiger partial charge in [-0.15, -0.1) is 0 Å². The van der Waals surface area contributed by atoms with Gasteiger partial charge in [0.25, 0.3) is 0 Å². The van der Waals surface area contributed by atoms with Gasteiger partial charge in [-0.25, -0.2) is 4.79 Å². The summed E-state index contributed by atoms with van der Waals surface area (Å²) in [4.78, 5) is 12.0. The van der Waals surface area contributed by atoms with E-state index in [-0.39, 0.29) is 18.0 Å². The van der Waals surface area contributed by atoms with Crippen LogP contribution in [-0.4, -0.2) is 30.4 Å². The summed E-state index contributed by atoms with van der Waals surface area (Å²) in [6.07, 6.45) is -0.559. The van der Waals surface area contributed by atoms with Crippen molar-refractivity contribution in [1.29, 1.82) is 0 Å². The van der Waals surface area contributed by atoms with Crippen LogP contribution in [0.3, 0.4) is 0 Å². The van der Waals surface area contributed by atoms with Gasteiger partial charge in [-0.1, -0.05) is 26.0 Å². The number of anilines is 1. The van der Waals surface area contributed by atoms with Gasteiger partial charge >= 0.3 is 6.03 Å². The summed E-state index contributed by atoms with van der Waals surface area (Å²) in [7, 11) is 0. The van der Waals surface area contributed by atoms with Gasteiger partial charge in [0, 0.05) is 12.3 Å². The molecule has 0 saturated heterocycles. The zero-order valence-electron chi connectivity index (χ0n) is 13.2. The summed E-state index contributed by atoms with van der Waals surface area (Å²) < 4.78 is 5.38. The van der Waals surface area contributed by atoms with E-state index in [1.165, 1.54) is 0 Å². The Morgan fingerprint density at radius 2 is 2.05 bits per heavy atom. The number of amides is 2. The minimum Gasteiger partial charge on any atom is -0.389 e. The Morgan fingerprint density at radius 1 is 1.33 bits per heavy atom. The quantitative estimate of drug-likeness (QED) is 0.724. The Morgan fingerprint density at radius 3 is 2.62 bits per heavy atom. The Kier molecular flexibility index (Phi) is 7.19. The third kappa shape index (κ3) is 6.14. The third-order valence-electron chi connectivity index (χ3n) is 3.25. The van der Waals surface area contributed by atoms with Crippen LogP contribution in [-0.2, 0) is 4.74 Å². The van der Waals surface area contributed by atoms with Crippen LogP contribution in [0.4, 0.5) is 10.5 Å². The van der Waals surface area contributed by atoms with Crippen molar-refractivity contribution in [3.8, 4) is 0 Å². The molecule has 2 amide bonds. The lowest BCUT2D eigenvalue weighted by molar-refractivity contribution is 0.111. The van der Waals surface area contributed by atoms with Crippen LogP contribution in [0.25, 0.3) is 0 Å². The van der Waals surface area contributed by atoms with Crippen LogP contribution in [0.5, 0.6) is 0 Å². The smallest absolute Gasteiger partial charge is 0.319 e. The average Bonchev–Trinajstić information content (AvgIpc) is 2.43. The second-order valence-corrected chi connectivity index (χ2v) is 5.41. The predicted molar refractivity (Wildman–Crippen MR) is 84.3 cm³/mol. The van der Waals surface area contributed by atoms with Gasteiger partial charge in [-0.3, -0.25) is 0 Å². The van der Waals surface area contributed by atoms with Crippen molar-refractivity contribution < 1.29 is 14.6 Å². The van der Waals surface area contributed by atoms with E-state index in [9.17, 15) is 9.90 Å². The molecule has 5 heteroatoms. The number of carbonyl (C=O) groups is 1. The van der Waals surface area contributed by atoms with Gasteiger partial charge < -0.3 is 20.5 Å². The van der Waals surface area contributed by atoms with Crippen LogP contribution >= 0.6 is 0 Å². The highest BCUT2D eigenvalue weighted by Crippen LogP contribution is 2.17. The van der Waals surface area contributed by atoms with E-state index >= 15 is 0 Å². The van der Waals surface area contributed by atoms with E-state index in [0.29, 0.717) is 18.9 Å². The molecule has 0 aliphatic heterocycles. The molecule has 0 heterocycles. The van der Waals surface area contributed by atoms with Gasteiger partial charge in [0.05, 0.1) is 18.8 Å². The molecular formula is C16H26N2O3. The van der Waals surface area contributed by atoms with E-state index in [0.717, 1.165) is 5.56 Å². The number of rotatable bonds is 7. The third-order valence-corrected chi connectivity index (χ3v) is 3.25. The second kappa shape index (κ2) is 8.64. The molecule has 0 fully saturated rings. The molecule has 0 saturated carbocycles. The van der Waals surface area contributed by atoms with Crippen LogP contribution < -0.4 is 10.6 Å². The first-order valence-corrected chi connectivity index (χ1v) is 7.37. The standard InChI is InChI=1S/C16H26N2O3/c1-5-21-10-15(11(2)3)18-16(20)17-14-8-6-7-13(9-14)12(4)19/h6-9,11-12,15,19H,5,10H2,1-4H3,(H2,17,18,20). The number of aliphatic hydroxyl groups excluding tert-OH is 1. The Hall–Kier alpha value is -1.59. The van der Waals surface area contributed by atoms with E-state index in [1.54, 1.807) is 25.1 Å². The summed E-state index contributed by atoms with van der Waals surface area (Å²) in [6, 6.07) is 6.87. The monoisotopic (exact) mass is 294 g/mol. The first kappa shape index (κ1) is 17.5. The first-order chi connectivity index (χ1) is 9.93. The lowest BCUT2D eigenvalue weighted by atomic mass is 10.1. The SMILES string of the molecule is CCOCC(NC(=O)Nc1cccc(C(C)O)c1)C(C)C. The summed E-state index contributed by atoms with van der Waals surface area (Å²) in [5.74, 6) is 0.283. The number of ether oxygens (including phenoxy) is 1. The Labute approximate surface area is 126 Å². The fourth-order valence-corrected chi connectivity index (χ4v) is 1.86. The van der Waals surface area contributed by atoms with E-state index in [4.69, 9.17) is 4.74 Å².